The maximum absolute atomic E-state index is 12.9. The molecule has 0 radical (unpaired) electrons. The molecule has 104 valence electrons. The first-order valence-corrected chi connectivity index (χ1v) is 7.32. The predicted molar refractivity (Wildman–Crippen MR) is 80.5 cm³/mol. The Hall–Kier alpha value is -1.38. The van der Waals surface area contributed by atoms with Gasteiger partial charge in [-0.15, -0.1) is 0 Å². The van der Waals surface area contributed by atoms with Crippen molar-refractivity contribution in [3.05, 3.63) is 70.5 Å². The average Bonchev–Trinajstić information content (AvgIpc) is 2.41. The third kappa shape index (κ3) is 3.02. The standard InChI is InChI=1S/C17H17ClFN/c18-17-4-2-1-3-13(17)11-20-16-9-14(10-16)12-5-7-15(19)8-6-12/h1-8,14,16,20H,9-11H2. The van der Waals surface area contributed by atoms with Crippen molar-refractivity contribution in [2.24, 2.45) is 0 Å². The smallest absolute Gasteiger partial charge is 0.123 e. The zero-order valence-electron chi connectivity index (χ0n) is 11.2. The first-order valence-electron chi connectivity index (χ1n) is 6.94. The lowest BCUT2D eigenvalue weighted by Gasteiger charge is -2.36. The number of halogens is 2. The van der Waals surface area contributed by atoms with Crippen LogP contribution in [0, 0.1) is 5.82 Å². The summed E-state index contributed by atoms with van der Waals surface area (Å²) in [5, 5.41) is 4.34. The normalized spacial score (nSPS) is 21.5. The van der Waals surface area contributed by atoms with E-state index in [1.165, 1.54) is 5.56 Å². The molecule has 20 heavy (non-hydrogen) atoms. The summed E-state index contributed by atoms with van der Waals surface area (Å²) in [6.45, 7) is 0.806. The highest BCUT2D eigenvalue weighted by atomic mass is 35.5. The second-order valence-electron chi connectivity index (χ2n) is 5.39. The maximum atomic E-state index is 12.9. The van der Waals surface area contributed by atoms with Gasteiger partial charge in [-0.2, -0.15) is 0 Å². The summed E-state index contributed by atoms with van der Waals surface area (Å²) in [5.41, 5.74) is 2.38. The number of nitrogens with one attached hydrogen (secondary N) is 1. The summed E-state index contributed by atoms with van der Waals surface area (Å²) < 4.78 is 12.9. The molecule has 0 saturated heterocycles. The van der Waals surface area contributed by atoms with Crippen molar-refractivity contribution in [3.63, 3.8) is 0 Å². The van der Waals surface area contributed by atoms with E-state index in [0.717, 1.165) is 30.0 Å². The Bertz CT molecular complexity index is 576. The predicted octanol–water partition coefficient (Wildman–Crippen LogP) is 4.51. The molecule has 2 aromatic rings. The highest BCUT2D eigenvalue weighted by Gasteiger charge is 2.29. The minimum atomic E-state index is -0.165. The summed E-state index contributed by atoms with van der Waals surface area (Å²) in [6.07, 6.45) is 2.21. The van der Waals surface area contributed by atoms with E-state index in [1.807, 2.05) is 36.4 Å². The van der Waals surface area contributed by atoms with Crippen molar-refractivity contribution in [1.82, 2.24) is 5.32 Å². The van der Waals surface area contributed by atoms with Crippen LogP contribution in [0.25, 0.3) is 0 Å². The van der Waals surface area contributed by atoms with E-state index in [-0.39, 0.29) is 5.82 Å². The fourth-order valence-electron chi connectivity index (χ4n) is 2.69. The molecule has 0 atom stereocenters. The maximum Gasteiger partial charge on any atom is 0.123 e. The topological polar surface area (TPSA) is 12.0 Å². The van der Waals surface area contributed by atoms with Crippen molar-refractivity contribution >= 4 is 11.6 Å². The molecule has 1 aliphatic rings. The van der Waals surface area contributed by atoms with Crippen LogP contribution in [0.15, 0.2) is 48.5 Å². The Morgan fingerprint density at radius 1 is 1.05 bits per heavy atom. The lowest BCUT2D eigenvalue weighted by atomic mass is 9.76. The molecule has 1 aliphatic carbocycles. The molecule has 0 bridgehead atoms. The Labute approximate surface area is 123 Å². The molecule has 3 heteroatoms. The fourth-order valence-corrected chi connectivity index (χ4v) is 2.89. The van der Waals surface area contributed by atoms with Gasteiger partial charge in [-0.25, -0.2) is 4.39 Å². The van der Waals surface area contributed by atoms with E-state index in [9.17, 15) is 4.39 Å². The first kappa shape index (κ1) is 13.6. The summed E-state index contributed by atoms with van der Waals surface area (Å²) in [5.74, 6) is 0.390. The number of hydrogen-bond acceptors (Lipinski definition) is 1. The van der Waals surface area contributed by atoms with Crippen LogP contribution in [-0.2, 0) is 6.54 Å². The molecule has 0 heterocycles. The molecule has 0 aromatic heterocycles. The fraction of sp³-hybridized carbons (Fsp3) is 0.294. The summed E-state index contributed by atoms with van der Waals surface area (Å²) >= 11 is 6.13. The van der Waals surface area contributed by atoms with E-state index in [1.54, 1.807) is 12.1 Å². The van der Waals surface area contributed by atoms with E-state index in [2.05, 4.69) is 5.32 Å². The molecule has 1 N–H and O–H groups in total. The molecule has 1 nitrogen and oxygen atoms in total. The summed E-state index contributed by atoms with van der Waals surface area (Å²) in [6, 6.07) is 15.3. The minimum Gasteiger partial charge on any atom is -0.310 e. The van der Waals surface area contributed by atoms with Crippen LogP contribution in [0.1, 0.15) is 29.9 Å². The summed E-state index contributed by atoms with van der Waals surface area (Å²) in [7, 11) is 0. The number of benzene rings is 2. The van der Waals surface area contributed by atoms with Crippen molar-refractivity contribution in [1.29, 1.82) is 0 Å². The van der Waals surface area contributed by atoms with Crippen LogP contribution in [0.3, 0.4) is 0 Å². The molecule has 1 saturated carbocycles. The number of hydrogen-bond donors (Lipinski definition) is 1. The van der Waals surface area contributed by atoms with Crippen LogP contribution < -0.4 is 5.32 Å². The molecular weight excluding hydrogens is 273 g/mol. The molecule has 0 spiro atoms. The van der Waals surface area contributed by atoms with Gasteiger partial charge in [0.05, 0.1) is 0 Å². The van der Waals surface area contributed by atoms with Crippen LogP contribution in [0.5, 0.6) is 0 Å². The molecule has 3 rings (SSSR count). The zero-order valence-corrected chi connectivity index (χ0v) is 11.9. The molecule has 1 fully saturated rings. The van der Waals surface area contributed by atoms with Crippen LogP contribution in [0.2, 0.25) is 5.02 Å². The minimum absolute atomic E-state index is 0.165. The zero-order chi connectivity index (χ0) is 13.9. The van der Waals surface area contributed by atoms with E-state index in [4.69, 9.17) is 11.6 Å². The second-order valence-corrected chi connectivity index (χ2v) is 5.80. The highest BCUT2D eigenvalue weighted by molar-refractivity contribution is 6.31. The van der Waals surface area contributed by atoms with Gasteiger partial charge >= 0.3 is 0 Å². The molecule has 0 unspecified atom stereocenters. The Morgan fingerprint density at radius 3 is 2.45 bits per heavy atom. The van der Waals surface area contributed by atoms with Gasteiger partial charge in [-0.1, -0.05) is 41.9 Å². The highest BCUT2D eigenvalue weighted by Crippen LogP contribution is 2.37. The largest absolute Gasteiger partial charge is 0.310 e. The van der Waals surface area contributed by atoms with Crippen molar-refractivity contribution < 1.29 is 4.39 Å². The quantitative estimate of drug-likeness (QED) is 0.873. The van der Waals surface area contributed by atoms with Gasteiger partial charge < -0.3 is 5.32 Å². The lowest BCUT2D eigenvalue weighted by molar-refractivity contribution is 0.289. The SMILES string of the molecule is Fc1ccc(C2CC(NCc3ccccc3Cl)C2)cc1. The van der Waals surface area contributed by atoms with Gasteiger partial charge in [-0.05, 0) is 48.1 Å². The van der Waals surface area contributed by atoms with Gasteiger partial charge in [0.15, 0.2) is 0 Å². The van der Waals surface area contributed by atoms with Gasteiger partial charge in [0, 0.05) is 17.6 Å². The Morgan fingerprint density at radius 2 is 1.75 bits per heavy atom. The number of rotatable bonds is 4. The molecular formula is C17H17ClFN. The third-order valence-corrected chi connectivity index (χ3v) is 4.39. The molecule has 0 amide bonds. The van der Waals surface area contributed by atoms with Crippen molar-refractivity contribution in [2.75, 3.05) is 0 Å². The summed E-state index contributed by atoms with van der Waals surface area (Å²) in [4.78, 5) is 0. The van der Waals surface area contributed by atoms with Crippen molar-refractivity contribution in [2.45, 2.75) is 31.3 Å². The van der Waals surface area contributed by atoms with E-state index >= 15 is 0 Å². The Balaban J connectivity index is 1.49. The Kier molecular flexibility index (Phi) is 4.04. The lowest BCUT2D eigenvalue weighted by Crippen LogP contribution is -2.39. The van der Waals surface area contributed by atoms with Gasteiger partial charge in [-0.3, -0.25) is 0 Å². The average molecular weight is 290 g/mol. The van der Waals surface area contributed by atoms with Gasteiger partial charge in [0.25, 0.3) is 0 Å². The third-order valence-electron chi connectivity index (χ3n) is 4.02. The molecule has 2 aromatic carbocycles. The van der Waals surface area contributed by atoms with E-state index < -0.39 is 0 Å². The van der Waals surface area contributed by atoms with Crippen LogP contribution in [-0.4, -0.2) is 6.04 Å². The first-order chi connectivity index (χ1) is 9.72. The molecule has 0 aliphatic heterocycles. The van der Waals surface area contributed by atoms with Gasteiger partial charge in [0.1, 0.15) is 5.82 Å². The monoisotopic (exact) mass is 289 g/mol. The van der Waals surface area contributed by atoms with Gasteiger partial charge in [0.2, 0.25) is 0 Å². The van der Waals surface area contributed by atoms with E-state index in [0.29, 0.717) is 12.0 Å². The second kappa shape index (κ2) is 5.94. The van der Waals surface area contributed by atoms with Crippen LogP contribution >= 0.6 is 11.6 Å². The van der Waals surface area contributed by atoms with Crippen molar-refractivity contribution in [3.8, 4) is 0 Å². The van der Waals surface area contributed by atoms with Crippen LogP contribution in [0.4, 0.5) is 4.39 Å².